The van der Waals surface area contributed by atoms with Gasteiger partial charge in [0, 0.05) is 23.7 Å². The molecule has 1 heterocycles. The molecule has 2 rings (SSSR count). The highest BCUT2D eigenvalue weighted by Crippen LogP contribution is 2.21. The minimum absolute atomic E-state index is 0.919. The van der Waals surface area contributed by atoms with Gasteiger partial charge < -0.3 is 4.43 Å². The van der Waals surface area contributed by atoms with E-state index in [9.17, 15) is 0 Å². The first-order valence-electron chi connectivity index (χ1n) is 6.69. The van der Waals surface area contributed by atoms with Crippen molar-refractivity contribution in [2.24, 2.45) is 4.99 Å². The summed E-state index contributed by atoms with van der Waals surface area (Å²) in [5.74, 6) is 0.919. The normalized spacial score (nSPS) is 12.3. The molecule has 3 nitrogen and oxygen atoms in total. The SMILES string of the molecule is CC(=Nc1ccc(O[Si](C)(C)C)cc1)c1cccnc1. The molecule has 1 aromatic carbocycles. The Morgan fingerprint density at radius 3 is 2.35 bits per heavy atom. The van der Waals surface area contributed by atoms with Gasteiger partial charge in [0.2, 0.25) is 8.32 Å². The number of nitrogens with zero attached hydrogens (tertiary/aromatic N) is 2. The van der Waals surface area contributed by atoms with Crippen LogP contribution in [0.2, 0.25) is 19.6 Å². The molecule has 0 radical (unpaired) electrons. The molecule has 4 heteroatoms. The summed E-state index contributed by atoms with van der Waals surface area (Å²) in [6.07, 6.45) is 3.58. The van der Waals surface area contributed by atoms with Gasteiger partial charge in [0.25, 0.3) is 0 Å². The Morgan fingerprint density at radius 1 is 1.10 bits per heavy atom. The van der Waals surface area contributed by atoms with Crippen molar-refractivity contribution in [2.75, 3.05) is 0 Å². The molecule has 0 N–H and O–H groups in total. The molecule has 0 spiro atoms. The van der Waals surface area contributed by atoms with Crippen LogP contribution in [0.15, 0.2) is 53.8 Å². The fourth-order valence-electron chi connectivity index (χ4n) is 1.78. The number of pyridine rings is 1. The van der Waals surface area contributed by atoms with Crippen molar-refractivity contribution in [1.29, 1.82) is 0 Å². The largest absolute Gasteiger partial charge is 0.544 e. The van der Waals surface area contributed by atoms with Gasteiger partial charge >= 0.3 is 0 Å². The Bertz CT molecular complexity index is 586. The minimum Gasteiger partial charge on any atom is -0.544 e. The number of benzene rings is 1. The number of aromatic nitrogens is 1. The zero-order chi connectivity index (χ0) is 14.6. The third-order valence-corrected chi connectivity index (χ3v) is 3.48. The fourth-order valence-corrected chi connectivity index (χ4v) is 2.62. The van der Waals surface area contributed by atoms with Gasteiger partial charge in [-0.25, -0.2) is 0 Å². The quantitative estimate of drug-likeness (QED) is 0.614. The van der Waals surface area contributed by atoms with E-state index in [1.54, 1.807) is 6.20 Å². The van der Waals surface area contributed by atoms with E-state index in [0.717, 1.165) is 22.7 Å². The van der Waals surface area contributed by atoms with Crippen LogP contribution in [0.3, 0.4) is 0 Å². The monoisotopic (exact) mass is 284 g/mol. The lowest BCUT2D eigenvalue weighted by Gasteiger charge is -2.18. The van der Waals surface area contributed by atoms with Gasteiger partial charge in [-0.1, -0.05) is 6.07 Å². The van der Waals surface area contributed by atoms with E-state index in [1.807, 2.05) is 49.5 Å². The summed E-state index contributed by atoms with van der Waals surface area (Å²) in [6, 6.07) is 11.8. The zero-order valence-corrected chi connectivity index (χ0v) is 13.4. The van der Waals surface area contributed by atoms with Crippen LogP contribution in [0, 0.1) is 0 Å². The van der Waals surface area contributed by atoms with Crippen molar-refractivity contribution < 1.29 is 4.43 Å². The van der Waals surface area contributed by atoms with Gasteiger partial charge in [0.15, 0.2) is 0 Å². The van der Waals surface area contributed by atoms with Crippen LogP contribution in [0.25, 0.3) is 0 Å². The molecule has 0 saturated carbocycles. The van der Waals surface area contributed by atoms with Gasteiger partial charge in [0.1, 0.15) is 5.75 Å². The van der Waals surface area contributed by atoms with Crippen molar-refractivity contribution in [3.05, 3.63) is 54.4 Å². The topological polar surface area (TPSA) is 34.5 Å². The minimum atomic E-state index is -1.54. The van der Waals surface area contributed by atoms with Gasteiger partial charge in [-0.3, -0.25) is 9.98 Å². The predicted octanol–water partition coefficient (Wildman–Crippen LogP) is 4.44. The molecule has 0 saturated heterocycles. The maximum atomic E-state index is 5.93. The molecular formula is C16H20N2OSi. The lowest BCUT2D eigenvalue weighted by molar-refractivity contribution is 0.558. The van der Waals surface area contributed by atoms with Crippen molar-refractivity contribution in [2.45, 2.75) is 26.6 Å². The van der Waals surface area contributed by atoms with E-state index in [1.165, 1.54) is 0 Å². The lowest BCUT2D eigenvalue weighted by atomic mass is 10.2. The maximum Gasteiger partial charge on any atom is 0.242 e. The highest BCUT2D eigenvalue weighted by Gasteiger charge is 2.15. The zero-order valence-electron chi connectivity index (χ0n) is 12.4. The van der Waals surface area contributed by atoms with E-state index in [2.05, 4.69) is 29.6 Å². The molecule has 0 amide bonds. The highest BCUT2D eigenvalue weighted by atomic mass is 28.4. The summed E-state index contributed by atoms with van der Waals surface area (Å²) >= 11 is 0. The molecule has 1 aromatic heterocycles. The second kappa shape index (κ2) is 6.01. The number of hydrogen-bond donors (Lipinski definition) is 0. The predicted molar refractivity (Wildman–Crippen MR) is 86.5 cm³/mol. The molecule has 20 heavy (non-hydrogen) atoms. The van der Waals surface area contributed by atoms with Gasteiger partial charge in [-0.05, 0) is 56.9 Å². The molecule has 0 bridgehead atoms. The van der Waals surface area contributed by atoms with Gasteiger partial charge in [0.05, 0.1) is 5.69 Å². The smallest absolute Gasteiger partial charge is 0.242 e. The van der Waals surface area contributed by atoms with Gasteiger partial charge in [-0.15, -0.1) is 0 Å². The summed E-state index contributed by atoms with van der Waals surface area (Å²) in [6.45, 7) is 8.51. The van der Waals surface area contributed by atoms with Crippen molar-refractivity contribution >= 4 is 19.7 Å². The lowest BCUT2D eigenvalue weighted by Crippen LogP contribution is -2.29. The van der Waals surface area contributed by atoms with Crippen LogP contribution in [0.5, 0.6) is 5.75 Å². The summed E-state index contributed by atoms with van der Waals surface area (Å²) in [7, 11) is -1.54. The first kappa shape index (κ1) is 14.5. The molecule has 0 unspecified atom stereocenters. The number of aliphatic imine (C=N–C) groups is 1. The second-order valence-electron chi connectivity index (χ2n) is 5.65. The van der Waals surface area contributed by atoms with E-state index < -0.39 is 8.32 Å². The Morgan fingerprint density at radius 2 is 1.80 bits per heavy atom. The first-order chi connectivity index (χ1) is 9.44. The third-order valence-electron chi connectivity index (χ3n) is 2.64. The molecule has 0 atom stereocenters. The summed E-state index contributed by atoms with van der Waals surface area (Å²) in [4.78, 5) is 8.70. The van der Waals surface area contributed by atoms with Crippen molar-refractivity contribution in [3.63, 3.8) is 0 Å². The Labute approximate surface area is 121 Å². The van der Waals surface area contributed by atoms with Crippen molar-refractivity contribution in [1.82, 2.24) is 4.98 Å². The number of rotatable bonds is 4. The van der Waals surface area contributed by atoms with Crippen LogP contribution in [-0.2, 0) is 0 Å². The average molecular weight is 284 g/mol. The maximum absolute atomic E-state index is 5.93. The third kappa shape index (κ3) is 4.31. The van der Waals surface area contributed by atoms with E-state index >= 15 is 0 Å². The molecule has 0 fully saturated rings. The second-order valence-corrected chi connectivity index (χ2v) is 10.1. The standard InChI is InChI=1S/C16H20N2OSi/c1-13(14-6-5-11-17-12-14)18-15-7-9-16(10-8-15)19-20(2,3)4/h5-12H,1-4H3. The molecule has 2 aromatic rings. The van der Waals surface area contributed by atoms with E-state index in [4.69, 9.17) is 4.43 Å². The number of hydrogen-bond acceptors (Lipinski definition) is 3. The van der Waals surface area contributed by atoms with E-state index in [-0.39, 0.29) is 0 Å². The fraction of sp³-hybridized carbons (Fsp3) is 0.250. The Hall–Kier alpha value is -1.94. The van der Waals surface area contributed by atoms with E-state index in [0.29, 0.717) is 0 Å². The van der Waals surface area contributed by atoms with Crippen LogP contribution in [-0.4, -0.2) is 19.0 Å². The molecule has 0 aliphatic carbocycles. The molecular weight excluding hydrogens is 264 g/mol. The van der Waals surface area contributed by atoms with Crippen LogP contribution >= 0.6 is 0 Å². The van der Waals surface area contributed by atoms with Crippen LogP contribution in [0.4, 0.5) is 5.69 Å². The summed E-state index contributed by atoms with van der Waals surface area (Å²) in [5.41, 5.74) is 2.92. The Balaban J connectivity index is 2.15. The average Bonchev–Trinajstić information content (AvgIpc) is 2.40. The van der Waals surface area contributed by atoms with Crippen molar-refractivity contribution in [3.8, 4) is 5.75 Å². The Kier molecular flexibility index (Phi) is 4.34. The van der Waals surface area contributed by atoms with Crippen LogP contribution in [0.1, 0.15) is 12.5 Å². The summed E-state index contributed by atoms with van der Waals surface area (Å²) in [5, 5.41) is 0. The van der Waals surface area contributed by atoms with Gasteiger partial charge in [-0.2, -0.15) is 0 Å². The first-order valence-corrected chi connectivity index (χ1v) is 10.1. The molecule has 104 valence electrons. The molecule has 0 aliphatic rings. The highest BCUT2D eigenvalue weighted by molar-refractivity contribution is 6.70. The summed E-state index contributed by atoms with van der Waals surface area (Å²) < 4.78 is 5.93. The molecule has 0 aliphatic heterocycles. The van der Waals surface area contributed by atoms with Crippen LogP contribution < -0.4 is 4.43 Å².